The number of aromatic nitrogens is 3. The number of aromatic hydroxyl groups is 1. The minimum atomic E-state index is -0.657. The van der Waals surface area contributed by atoms with E-state index >= 15 is 0 Å². The fraction of sp³-hybridized carbons (Fsp3) is 0.0769. The zero-order valence-corrected chi connectivity index (χ0v) is 9.61. The number of aryl methyl sites for hydroxylation is 1. The molecule has 0 unspecified atom stereocenters. The summed E-state index contributed by atoms with van der Waals surface area (Å²) >= 11 is 0. The first-order valence-electron chi connectivity index (χ1n) is 5.46. The average molecular weight is 243 g/mol. The highest BCUT2D eigenvalue weighted by Gasteiger charge is 2.08. The topological polar surface area (TPSA) is 61.8 Å². The molecule has 2 N–H and O–H groups in total. The van der Waals surface area contributed by atoms with Crippen molar-refractivity contribution in [2.45, 2.75) is 6.92 Å². The van der Waals surface area contributed by atoms with Gasteiger partial charge < -0.3 is 5.11 Å². The Labute approximate surface area is 102 Å². The summed E-state index contributed by atoms with van der Waals surface area (Å²) in [6.07, 6.45) is 0. The summed E-state index contributed by atoms with van der Waals surface area (Å²) in [5.41, 5.74) is 2.78. The van der Waals surface area contributed by atoms with E-state index in [9.17, 15) is 4.39 Å². The van der Waals surface area contributed by atoms with Crippen LogP contribution < -0.4 is 0 Å². The molecule has 2 heterocycles. The van der Waals surface area contributed by atoms with Gasteiger partial charge in [-0.25, -0.2) is 9.37 Å². The van der Waals surface area contributed by atoms with Crippen LogP contribution in [0.25, 0.3) is 22.3 Å². The van der Waals surface area contributed by atoms with Gasteiger partial charge in [0.15, 0.2) is 17.2 Å². The Hall–Kier alpha value is -2.43. The van der Waals surface area contributed by atoms with Crippen molar-refractivity contribution in [3.63, 3.8) is 0 Å². The molecule has 0 atom stereocenters. The highest BCUT2D eigenvalue weighted by molar-refractivity contribution is 5.80. The molecule has 0 saturated carbocycles. The molecule has 1 aromatic carbocycles. The lowest BCUT2D eigenvalue weighted by Crippen LogP contribution is -1.86. The quantitative estimate of drug-likeness (QED) is 0.690. The molecule has 0 amide bonds. The van der Waals surface area contributed by atoms with Gasteiger partial charge in [0.1, 0.15) is 0 Å². The van der Waals surface area contributed by atoms with Crippen LogP contribution in [0.3, 0.4) is 0 Å². The van der Waals surface area contributed by atoms with E-state index in [1.165, 1.54) is 12.1 Å². The molecular formula is C13H10FN3O. The normalized spacial score (nSPS) is 11.0. The van der Waals surface area contributed by atoms with E-state index in [0.717, 1.165) is 11.1 Å². The van der Waals surface area contributed by atoms with Crippen LogP contribution in [-0.4, -0.2) is 20.3 Å². The minimum absolute atomic E-state index is 0.364. The highest BCUT2D eigenvalue weighted by Crippen LogP contribution is 2.25. The van der Waals surface area contributed by atoms with Crippen LogP contribution in [0.15, 0.2) is 30.3 Å². The predicted molar refractivity (Wildman–Crippen MR) is 65.7 cm³/mol. The molecule has 0 spiro atoms. The SMILES string of the molecule is Cc1n[nH]c2nc(-c3ccc(O)c(F)c3)ccc12. The molecule has 0 aliphatic heterocycles. The van der Waals surface area contributed by atoms with Crippen LogP contribution in [0.1, 0.15) is 5.69 Å². The van der Waals surface area contributed by atoms with Crippen LogP contribution in [0.2, 0.25) is 0 Å². The number of benzene rings is 1. The van der Waals surface area contributed by atoms with E-state index in [-0.39, 0.29) is 5.75 Å². The van der Waals surface area contributed by atoms with Crippen molar-refractivity contribution in [1.29, 1.82) is 0 Å². The fourth-order valence-electron chi connectivity index (χ4n) is 1.86. The van der Waals surface area contributed by atoms with Crippen molar-refractivity contribution in [2.24, 2.45) is 0 Å². The maximum atomic E-state index is 13.3. The minimum Gasteiger partial charge on any atom is -0.505 e. The maximum absolute atomic E-state index is 13.3. The number of phenols is 1. The first-order valence-corrected chi connectivity index (χ1v) is 5.46. The van der Waals surface area contributed by atoms with Gasteiger partial charge in [0.2, 0.25) is 0 Å². The Kier molecular flexibility index (Phi) is 2.26. The lowest BCUT2D eigenvalue weighted by atomic mass is 10.1. The molecule has 18 heavy (non-hydrogen) atoms. The third-order valence-electron chi connectivity index (χ3n) is 2.86. The van der Waals surface area contributed by atoms with Gasteiger partial charge in [0, 0.05) is 10.9 Å². The number of nitrogens with one attached hydrogen (secondary N) is 1. The second-order valence-electron chi connectivity index (χ2n) is 4.07. The number of nitrogens with zero attached hydrogens (tertiary/aromatic N) is 2. The lowest BCUT2D eigenvalue weighted by Gasteiger charge is -2.02. The Morgan fingerprint density at radius 3 is 2.83 bits per heavy atom. The maximum Gasteiger partial charge on any atom is 0.165 e. The van der Waals surface area contributed by atoms with Gasteiger partial charge in [-0.2, -0.15) is 5.10 Å². The number of halogens is 1. The van der Waals surface area contributed by atoms with Crippen LogP contribution >= 0.6 is 0 Å². The molecular weight excluding hydrogens is 233 g/mol. The van der Waals surface area contributed by atoms with Crippen molar-refractivity contribution < 1.29 is 9.50 Å². The number of aromatic amines is 1. The van der Waals surface area contributed by atoms with E-state index < -0.39 is 5.82 Å². The third kappa shape index (κ3) is 1.60. The van der Waals surface area contributed by atoms with E-state index in [0.29, 0.717) is 16.9 Å². The Bertz CT molecular complexity index is 736. The van der Waals surface area contributed by atoms with E-state index in [2.05, 4.69) is 15.2 Å². The predicted octanol–water partition coefficient (Wildman–Crippen LogP) is 2.78. The molecule has 90 valence electrons. The number of H-pyrrole nitrogens is 1. The molecule has 0 fully saturated rings. The number of phenolic OH excluding ortho intramolecular Hbond substituents is 1. The summed E-state index contributed by atoms with van der Waals surface area (Å²) < 4.78 is 13.3. The Morgan fingerprint density at radius 1 is 1.22 bits per heavy atom. The molecule has 0 bridgehead atoms. The van der Waals surface area contributed by atoms with Crippen LogP contribution in [-0.2, 0) is 0 Å². The molecule has 0 aliphatic rings. The van der Waals surface area contributed by atoms with Crippen LogP contribution in [0.5, 0.6) is 5.75 Å². The number of fused-ring (bicyclic) bond motifs is 1. The molecule has 5 heteroatoms. The van der Waals surface area contributed by atoms with Crippen molar-refractivity contribution in [3.8, 4) is 17.0 Å². The Morgan fingerprint density at radius 2 is 2.06 bits per heavy atom. The van der Waals surface area contributed by atoms with Gasteiger partial charge in [-0.05, 0) is 37.3 Å². The summed E-state index contributed by atoms with van der Waals surface area (Å²) in [6, 6.07) is 7.88. The van der Waals surface area contributed by atoms with Gasteiger partial charge in [-0.15, -0.1) is 0 Å². The lowest BCUT2D eigenvalue weighted by molar-refractivity contribution is 0.432. The second kappa shape index (κ2) is 3.80. The van der Waals surface area contributed by atoms with Gasteiger partial charge in [-0.1, -0.05) is 0 Å². The summed E-state index contributed by atoms with van der Waals surface area (Å²) in [6.45, 7) is 1.89. The van der Waals surface area contributed by atoms with E-state index in [4.69, 9.17) is 5.11 Å². The van der Waals surface area contributed by atoms with Gasteiger partial charge in [-0.3, -0.25) is 5.10 Å². The number of pyridine rings is 1. The van der Waals surface area contributed by atoms with Crippen LogP contribution in [0, 0.1) is 12.7 Å². The second-order valence-corrected chi connectivity index (χ2v) is 4.07. The number of rotatable bonds is 1. The van der Waals surface area contributed by atoms with Gasteiger partial charge in [0.25, 0.3) is 0 Å². The standard InChI is InChI=1S/C13H10FN3O/c1-7-9-3-4-11(15-13(9)17-16-7)8-2-5-12(18)10(14)6-8/h2-6,18H,1H3,(H,15,16,17). The third-order valence-corrected chi connectivity index (χ3v) is 2.86. The first kappa shape index (κ1) is 10.7. The summed E-state index contributed by atoms with van der Waals surface area (Å²) in [5, 5.41) is 17.0. The largest absolute Gasteiger partial charge is 0.505 e. The average Bonchev–Trinajstić information content (AvgIpc) is 2.74. The number of hydrogen-bond donors (Lipinski definition) is 2. The van der Waals surface area contributed by atoms with Crippen molar-refractivity contribution >= 4 is 11.0 Å². The Balaban J connectivity index is 2.16. The summed E-state index contributed by atoms with van der Waals surface area (Å²) in [5.74, 6) is -1.02. The summed E-state index contributed by atoms with van der Waals surface area (Å²) in [4.78, 5) is 4.37. The fourth-order valence-corrected chi connectivity index (χ4v) is 1.86. The molecule has 0 radical (unpaired) electrons. The van der Waals surface area contributed by atoms with E-state index in [1.54, 1.807) is 12.1 Å². The molecule has 4 nitrogen and oxygen atoms in total. The van der Waals surface area contributed by atoms with Crippen molar-refractivity contribution in [3.05, 3.63) is 41.8 Å². The van der Waals surface area contributed by atoms with Gasteiger partial charge in [0.05, 0.1) is 11.4 Å². The highest BCUT2D eigenvalue weighted by atomic mass is 19.1. The zero-order chi connectivity index (χ0) is 12.7. The zero-order valence-electron chi connectivity index (χ0n) is 9.61. The van der Waals surface area contributed by atoms with Crippen molar-refractivity contribution in [1.82, 2.24) is 15.2 Å². The molecule has 3 rings (SSSR count). The monoisotopic (exact) mass is 243 g/mol. The molecule has 2 aromatic heterocycles. The first-order chi connectivity index (χ1) is 8.65. The van der Waals surface area contributed by atoms with E-state index in [1.807, 2.05) is 13.0 Å². The summed E-state index contributed by atoms with van der Waals surface area (Å²) in [7, 11) is 0. The van der Waals surface area contributed by atoms with Crippen LogP contribution in [0.4, 0.5) is 4.39 Å². The van der Waals surface area contributed by atoms with Gasteiger partial charge >= 0.3 is 0 Å². The van der Waals surface area contributed by atoms with Crippen molar-refractivity contribution in [2.75, 3.05) is 0 Å². The smallest absolute Gasteiger partial charge is 0.165 e. The molecule has 3 aromatic rings. The molecule has 0 aliphatic carbocycles. The molecule has 0 saturated heterocycles. The number of hydrogen-bond acceptors (Lipinski definition) is 3.